The third kappa shape index (κ3) is 5.39. The maximum Gasteiger partial charge on any atom is 0.234 e. The van der Waals surface area contributed by atoms with E-state index < -0.39 is 0 Å². The number of nitrogens with one attached hydrogen (secondary N) is 2. The van der Waals surface area contributed by atoms with E-state index in [1.54, 1.807) is 6.20 Å². The molecule has 1 aliphatic carbocycles. The minimum atomic E-state index is 0.118. The maximum atomic E-state index is 11.7. The van der Waals surface area contributed by atoms with Gasteiger partial charge in [-0.3, -0.25) is 9.78 Å². The molecular weight excluding hydrogens is 238 g/mol. The Hall–Kier alpha value is -1.42. The van der Waals surface area contributed by atoms with Crippen LogP contribution >= 0.6 is 0 Å². The number of carbonyl (C=O) groups excluding carboxylic acids is 1. The molecule has 0 saturated heterocycles. The lowest BCUT2D eigenvalue weighted by molar-refractivity contribution is -0.121. The van der Waals surface area contributed by atoms with Gasteiger partial charge in [0.1, 0.15) is 0 Å². The fourth-order valence-electron chi connectivity index (χ4n) is 2.49. The number of nitrogens with zero attached hydrogens (tertiary/aromatic N) is 1. The van der Waals surface area contributed by atoms with Gasteiger partial charge in [0, 0.05) is 30.9 Å². The monoisotopic (exact) mass is 261 g/mol. The second kappa shape index (κ2) is 7.89. The van der Waals surface area contributed by atoms with Crippen molar-refractivity contribution < 1.29 is 4.79 Å². The summed E-state index contributed by atoms with van der Waals surface area (Å²) < 4.78 is 0. The normalized spacial score (nSPS) is 16.2. The highest BCUT2D eigenvalue weighted by atomic mass is 16.1. The minimum Gasteiger partial charge on any atom is -0.352 e. The van der Waals surface area contributed by atoms with Crippen LogP contribution in [0, 0.1) is 0 Å². The lowest BCUT2D eigenvalue weighted by Gasteiger charge is -2.22. The topological polar surface area (TPSA) is 54.0 Å². The lowest BCUT2D eigenvalue weighted by atomic mass is 9.95. The van der Waals surface area contributed by atoms with Crippen LogP contribution in [0.25, 0.3) is 0 Å². The van der Waals surface area contributed by atoms with Crippen molar-refractivity contribution in [2.45, 2.75) is 44.6 Å². The van der Waals surface area contributed by atoms with Gasteiger partial charge in [-0.15, -0.1) is 0 Å². The molecule has 0 spiro atoms. The Morgan fingerprint density at radius 3 is 2.84 bits per heavy atom. The Kier molecular flexibility index (Phi) is 5.82. The maximum absolute atomic E-state index is 11.7. The van der Waals surface area contributed by atoms with E-state index in [2.05, 4.69) is 15.6 Å². The molecule has 1 saturated carbocycles. The first kappa shape index (κ1) is 14.0. The summed E-state index contributed by atoms with van der Waals surface area (Å²) in [5, 5.41) is 6.27. The van der Waals surface area contributed by atoms with Crippen LogP contribution in [0.4, 0.5) is 0 Å². The zero-order chi connectivity index (χ0) is 13.3. The number of hydrogen-bond donors (Lipinski definition) is 2. The van der Waals surface area contributed by atoms with Crippen LogP contribution in [0.5, 0.6) is 0 Å². The van der Waals surface area contributed by atoms with Crippen LogP contribution in [0.1, 0.15) is 37.8 Å². The molecule has 0 atom stereocenters. The van der Waals surface area contributed by atoms with E-state index in [1.807, 2.05) is 18.2 Å². The van der Waals surface area contributed by atoms with Crippen molar-refractivity contribution in [3.05, 3.63) is 30.1 Å². The van der Waals surface area contributed by atoms with Crippen LogP contribution in [0.15, 0.2) is 24.4 Å². The van der Waals surface area contributed by atoms with Crippen molar-refractivity contribution in [2.75, 3.05) is 13.1 Å². The molecule has 4 nitrogen and oxygen atoms in total. The van der Waals surface area contributed by atoms with Crippen LogP contribution < -0.4 is 10.6 Å². The average molecular weight is 261 g/mol. The molecule has 0 bridgehead atoms. The summed E-state index contributed by atoms with van der Waals surface area (Å²) in [5.41, 5.74) is 1.06. The number of hydrogen-bond acceptors (Lipinski definition) is 3. The SMILES string of the molecule is O=C(CNCCc1ccccn1)NC1CCCCC1. The van der Waals surface area contributed by atoms with Crippen LogP contribution in [-0.2, 0) is 11.2 Å². The molecule has 19 heavy (non-hydrogen) atoms. The fraction of sp³-hybridized carbons (Fsp3) is 0.600. The smallest absolute Gasteiger partial charge is 0.234 e. The van der Waals surface area contributed by atoms with E-state index in [0.29, 0.717) is 12.6 Å². The summed E-state index contributed by atoms with van der Waals surface area (Å²) in [6.45, 7) is 1.19. The summed E-state index contributed by atoms with van der Waals surface area (Å²) in [7, 11) is 0. The second-order valence-corrected chi connectivity index (χ2v) is 5.15. The minimum absolute atomic E-state index is 0.118. The van der Waals surface area contributed by atoms with E-state index >= 15 is 0 Å². The van der Waals surface area contributed by atoms with Crippen molar-refractivity contribution in [2.24, 2.45) is 0 Å². The molecule has 1 amide bonds. The third-order valence-electron chi connectivity index (χ3n) is 3.54. The van der Waals surface area contributed by atoms with Gasteiger partial charge in [-0.1, -0.05) is 25.3 Å². The number of aromatic nitrogens is 1. The molecule has 2 N–H and O–H groups in total. The van der Waals surface area contributed by atoms with E-state index in [-0.39, 0.29) is 5.91 Å². The van der Waals surface area contributed by atoms with Gasteiger partial charge in [-0.05, 0) is 25.0 Å². The average Bonchev–Trinajstić information content (AvgIpc) is 2.46. The molecule has 1 aliphatic rings. The second-order valence-electron chi connectivity index (χ2n) is 5.15. The Balaban J connectivity index is 1.56. The predicted molar refractivity (Wildman–Crippen MR) is 75.8 cm³/mol. The van der Waals surface area contributed by atoms with Crippen LogP contribution in [0.3, 0.4) is 0 Å². The van der Waals surface area contributed by atoms with Gasteiger partial charge in [-0.25, -0.2) is 0 Å². The largest absolute Gasteiger partial charge is 0.352 e. The zero-order valence-electron chi connectivity index (χ0n) is 11.4. The predicted octanol–water partition coefficient (Wildman–Crippen LogP) is 1.66. The van der Waals surface area contributed by atoms with Crippen LogP contribution in [0.2, 0.25) is 0 Å². The molecule has 1 aromatic heterocycles. The van der Waals surface area contributed by atoms with Gasteiger partial charge in [0.2, 0.25) is 5.91 Å². The van der Waals surface area contributed by atoms with E-state index in [1.165, 1.54) is 19.3 Å². The molecule has 0 unspecified atom stereocenters. The lowest BCUT2D eigenvalue weighted by Crippen LogP contribution is -2.41. The molecule has 0 aromatic carbocycles. The summed E-state index contributed by atoms with van der Waals surface area (Å²) in [4.78, 5) is 16.0. The summed E-state index contributed by atoms with van der Waals surface area (Å²) in [6, 6.07) is 6.30. The van der Waals surface area contributed by atoms with E-state index in [4.69, 9.17) is 0 Å². The zero-order valence-corrected chi connectivity index (χ0v) is 11.4. The third-order valence-corrected chi connectivity index (χ3v) is 3.54. The molecule has 1 aromatic rings. The molecule has 2 rings (SSSR count). The fourth-order valence-corrected chi connectivity index (χ4v) is 2.49. The van der Waals surface area contributed by atoms with E-state index in [0.717, 1.165) is 31.5 Å². The van der Waals surface area contributed by atoms with Crippen molar-refractivity contribution in [3.63, 3.8) is 0 Å². The molecule has 1 heterocycles. The first-order valence-electron chi connectivity index (χ1n) is 7.24. The number of pyridine rings is 1. The molecule has 1 fully saturated rings. The molecule has 0 aliphatic heterocycles. The quantitative estimate of drug-likeness (QED) is 0.766. The van der Waals surface area contributed by atoms with Gasteiger partial charge in [-0.2, -0.15) is 0 Å². The van der Waals surface area contributed by atoms with Gasteiger partial charge < -0.3 is 10.6 Å². The number of rotatable bonds is 6. The Labute approximate surface area is 115 Å². The Morgan fingerprint density at radius 2 is 2.11 bits per heavy atom. The highest BCUT2D eigenvalue weighted by Gasteiger charge is 2.14. The highest BCUT2D eigenvalue weighted by Crippen LogP contribution is 2.16. The van der Waals surface area contributed by atoms with Gasteiger partial charge >= 0.3 is 0 Å². The molecule has 104 valence electrons. The Bertz CT molecular complexity index is 374. The summed E-state index contributed by atoms with van der Waals surface area (Å²) >= 11 is 0. The van der Waals surface area contributed by atoms with Crippen molar-refractivity contribution in [1.82, 2.24) is 15.6 Å². The summed E-state index contributed by atoms with van der Waals surface area (Å²) in [6.07, 6.45) is 8.74. The molecule has 4 heteroatoms. The number of amides is 1. The van der Waals surface area contributed by atoms with Crippen molar-refractivity contribution >= 4 is 5.91 Å². The van der Waals surface area contributed by atoms with Gasteiger partial charge in [0.05, 0.1) is 6.54 Å². The standard InChI is InChI=1S/C15H23N3O/c19-15(18-14-7-2-1-3-8-14)12-16-11-9-13-6-4-5-10-17-13/h4-6,10,14,16H,1-3,7-9,11-12H2,(H,18,19). The first-order chi connectivity index (χ1) is 9.34. The van der Waals surface area contributed by atoms with E-state index in [9.17, 15) is 4.79 Å². The van der Waals surface area contributed by atoms with Crippen LogP contribution in [-0.4, -0.2) is 30.0 Å². The van der Waals surface area contributed by atoms with Crippen molar-refractivity contribution in [1.29, 1.82) is 0 Å². The highest BCUT2D eigenvalue weighted by molar-refractivity contribution is 5.78. The molecular formula is C15H23N3O. The first-order valence-corrected chi connectivity index (χ1v) is 7.24. The Morgan fingerprint density at radius 1 is 1.26 bits per heavy atom. The van der Waals surface area contributed by atoms with Gasteiger partial charge in [0.25, 0.3) is 0 Å². The van der Waals surface area contributed by atoms with Gasteiger partial charge in [0.15, 0.2) is 0 Å². The van der Waals surface area contributed by atoms with Crippen molar-refractivity contribution in [3.8, 4) is 0 Å². The number of carbonyl (C=O) groups is 1. The summed E-state index contributed by atoms with van der Waals surface area (Å²) in [5.74, 6) is 0.118. The molecule has 0 radical (unpaired) electrons.